The maximum Gasteiger partial charge on any atom is 0.251 e. The Morgan fingerprint density at radius 2 is 1.83 bits per heavy atom. The molecule has 0 spiro atoms. The molecule has 2 amide bonds. The molecular formula is C19H28N2O3. The van der Waals surface area contributed by atoms with Gasteiger partial charge in [0.2, 0.25) is 5.91 Å². The highest BCUT2D eigenvalue weighted by molar-refractivity contribution is 5.96. The van der Waals surface area contributed by atoms with Crippen molar-refractivity contribution in [3.05, 3.63) is 35.4 Å². The van der Waals surface area contributed by atoms with Gasteiger partial charge in [0.1, 0.15) is 0 Å². The number of aliphatic hydroxyl groups is 1. The van der Waals surface area contributed by atoms with Crippen molar-refractivity contribution in [2.24, 2.45) is 0 Å². The van der Waals surface area contributed by atoms with Crippen LogP contribution in [0.5, 0.6) is 0 Å². The Morgan fingerprint density at radius 1 is 1.17 bits per heavy atom. The van der Waals surface area contributed by atoms with E-state index in [1.807, 2.05) is 12.1 Å². The highest BCUT2D eigenvalue weighted by Crippen LogP contribution is 2.22. The standard InChI is InChI=1S/C19H28N2O3/c1-19(2,3)15-8-6-14(7-9-15)18(24)20-13-17(23)21-11-4-5-16(22)10-12-21/h6-9,16,22H,4-5,10-13H2,1-3H3,(H,20,24). The van der Waals surface area contributed by atoms with E-state index < -0.39 is 0 Å². The number of carbonyl (C=O) groups is 2. The lowest BCUT2D eigenvalue weighted by Crippen LogP contribution is -2.40. The van der Waals surface area contributed by atoms with Crippen LogP contribution in [0.1, 0.15) is 56.0 Å². The number of rotatable bonds is 3. The van der Waals surface area contributed by atoms with Gasteiger partial charge in [-0.3, -0.25) is 9.59 Å². The minimum Gasteiger partial charge on any atom is -0.393 e. The van der Waals surface area contributed by atoms with Gasteiger partial charge < -0.3 is 15.3 Å². The predicted molar refractivity (Wildman–Crippen MR) is 93.9 cm³/mol. The van der Waals surface area contributed by atoms with E-state index in [1.54, 1.807) is 17.0 Å². The second-order valence-electron chi connectivity index (χ2n) is 7.48. The average molecular weight is 332 g/mol. The van der Waals surface area contributed by atoms with Gasteiger partial charge in [0.25, 0.3) is 5.91 Å². The van der Waals surface area contributed by atoms with Crippen molar-refractivity contribution >= 4 is 11.8 Å². The van der Waals surface area contributed by atoms with Gasteiger partial charge in [-0.2, -0.15) is 0 Å². The van der Waals surface area contributed by atoms with Crippen LogP contribution in [-0.2, 0) is 10.2 Å². The van der Waals surface area contributed by atoms with Gasteiger partial charge in [0, 0.05) is 18.7 Å². The number of hydrogen-bond donors (Lipinski definition) is 2. The minimum absolute atomic E-state index is 0.00402. The SMILES string of the molecule is CC(C)(C)c1ccc(C(=O)NCC(=O)N2CCCC(O)CC2)cc1. The molecule has 2 N–H and O–H groups in total. The molecule has 0 radical (unpaired) electrons. The summed E-state index contributed by atoms with van der Waals surface area (Å²) in [7, 11) is 0. The van der Waals surface area contributed by atoms with E-state index in [9.17, 15) is 14.7 Å². The molecule has 0 saturated carbocycles. The van der Waals surface area contributed by atoms with Gasteiger partial charge in [-0.15, -0.1) is 0 Å². The largest absolute Gasteiger partial charge is 0.393 e. The molecule has 0 bridgehead atoms. The van der Waals surface area contributed by atoms with Crippen LogP contribution in [0.3, 0.4) is 0 Å². The molecule has 132 valence electrons. The molecule has 0 aliphatic carbocycles. The molecule has 1 unspecified atom stereocenters. The number of nitrogens with zero attached hydrogens (tertiary/aromatic N) is 1. The molecule has 1 atom stereocenters. The third kappa shape index (κ3) is 5.06. The number of hydrogen-bond acceptors (Lipinski definition) is 3. The fourth-order valence-electron chi connectivity index (χ4n) is 2.82. The van der Waals surface area contributed by atoms with Crippen LogP contribution in [0.2, 0.25) is 0 Å². The fourth-order valence-corrected chi connectivity index (χ4v) is 2.82. The third-order valence-electron chi connectivity index (χ3n) is 4.46. The summed E-state index contributed by atoms with van der Waals surface area (Å²) in [5, 5.41) is 12.3. The number of amides is 2. The average Bonchev–Trinajstić information content (AvgIpc) is 2.76. The second kappa shape index (κ2) is 7.79. The van der Waals surface area contributed by atoms with Crippen molar-refractivity contribution in [3.8, 4) is 0 Å². The Hall–Kier alpha value is -1.88. The van der Waals surface area contributed by atoms with Gasteiger partial charge in [0.15, 0.2) is 0 Å². The number of benzene rings is 1. The van der Waals surface area contributed by atoms with Crippen LogP contribution in [0.4, 0.5) is 0 Å². The normalized spacial score (nSPS) is 18.8. The Kier molecular flexibility index (Phi) is 5.99. The van der Waals surface area contributed by atoms with E-state index in [0.29, 0.717) is 25.1 Å². The molecule has 1 aliphatic rings. The summed E-state index contributed by atoms with van der Waals surface area (Å²) < 4.78 is 0. The monoisotopic (exact) mass is 332 g/mol. The Bertz CT molecular complexity index is 575. The Balaban J connectivity index is 1.87. The van der Waals surface area contributed by atoms with Gasteiger partial charge in [-0.25, -0.2) is 0 Å². The highest BCUT2D eigenvalue weighted by atomic mass is 16.3. The topological polar surface area (TPSA) is 69.6 Å². The first-order valence-corrected chi connectivity index (χ1v) is 8.62. The zero-order chi connectivity index (χ0) is 17.7. The third-order valence-corrected chi connectivity index (χ3v) is 4.46. The van der Waals surface area contributed by atoms with Crippen molar-refractivity contribution in [3.63, 3.8) is 0 Å². The van der Waals surface area contributed by atoms with E-state index in [0.717, 1.165) is 12.8 Å². The number of carbonyl (C=O) groups excluding carboxylic acids is 2. The van der Waals surface area contributed by atoms with Crippen LogP contribution in [-0.4, -0.2) is 47.6 Å². The van der Waals surface area contributed by atoms with Gasteiger partial charge in [0.05, 0.1) is 12.6 Å². The summed E-state index contributed by atoms with van der Waals surface area (Å²) in [4.78, 5) is 26.1. The summed E-state index contributed by atoms with van der Waals surface area (Å²) in [6.07, 6.45) is 1.82. The van der Waals surface area contributed by atoms with Crippen LogP contribution >= 0.6 is 0 Å². The summed E-state index contributed by atoms with van der Waals surface area (Å²) >= 11 is 0. The maximum absolute atomic E-state index is 12.2. The molecular weight excluding hydrogens is 304 g/mol. The van der Waals surface area contributed by atoms with Crippen molar-refractivity contribution in [2.45, 2.75) is 51.6 Å². The van der Waals surface area contributed by atoms with Crippen molar-refractivity contribution in [1.29, 1.82) is 0 Å². The minimum atomic E-state index is -0.321. The van der Waals surface area contributed by atoms with Crippen molar-refractivity contribution in [2.75, 3.05) is 19.6 Å². The first-order valence-electron chi connectivity index (χ1n) is 8.62. The maximum atomic E-state index is 12.2. The van der Waals surface area contributed by atoms with E-state index >= 15 is 0 Å². The van der Waals surface area contributed by atoms with Crippen LogP contribution in [0.15, 0.2) is 24.3 Å². The summed E-state index contributed by atoms with van der Waals surface area (Å²) in [6.45, 7) is 7.56. The molecule has 0 aromatic heterocycles. The van der Waals surface area contributed by atoms with Gasteiger partial charge >= 0.3 is 0 Å². The smallest absolute Gasteiger partial charge is 0.251 e. The molecule has 24 heavy (non-hydrogen) atoms. The van der Waals surface area contributed by atoms with E-state index in [1.165, 1.54) is 5.56 Å². The number of likely N-dealkylation sites (tertiary alicyclic amines) is 1. The first-order chi connectivity index (χ1) is 11.3. The first kappa shape index (κ1) is 18.5. The molecule has 1 fully saturated rings. The molecule has 1 aromatic rings. The summed E-state index contributed by atoms with van der Waals surface area (Å²) in [6, 6.07) is 7.49. The second-order valence-corrected chi connectivity index (χ2v) is 7.48. The zero-order valence-corrected chi connectivity index (χ0v) is 14.8. The molecule has 5 heteroatoms. The van der Waals surface area contributed by atoms with Crippen LogP contribution in [0.25, 0.3) is 0 Å². The zero-order valence-electron chi connectivity index (χ0n) is 14.8. The van der Waals surface area contributed by atoms with E-state index in [2.05, 4.69) is 26.1 Å². The fraction of sp³-hybridized carbons (Fsp3) is 0.579. The predicted octanol–water partition coefficient (Wildman–Crippen LogP) is 2.09. The molecule has 1 aliphatic heterocycles. The van der Waals surface area contributed by atoms with Gasteiger partial charge in [-0.1, -0.05) is 32.9 Å². The Morgan fingerprint density at radius 3 is 2.46 bits per heavy atom. The van der Waals surface area contributed by atoms with E-state index in [-0.39, 0.29) is 29.9 Å². The molecule has 1 aromatic carbocycles. The molecule has 1 saturated heterocycles. The van der Waals surface area contributed by atoms with Gasteiger partial charge in [-0.05, 0) is 42.4 Å². The number of nitrogens with one attached hydrogen (secondary N) is 1. The van der Waals surface area contributed by atoms with Crippen LogP contribution in [0, 0.1) is 0 Å². The highest BCUT2D eigenvalue weighted by Gasteiger charge is 2.20. The quantitative estimate of drug-likeness (QED) is 0.890. The lowest BCUT2D eigenvalue weighted by atomic mass is 9.87. The summed E-state index contributed by atoms with van der Waals surface area (Å²) in [5.74, 6) is -0.331. The van der Waals surface area contributed by atoms with E-state index in [4.69, 9.17) is 0 Å². The van der Waals surface area contributed by atoms with Crippen LogP contribution < -0.4 is 5.32 Å². The Labute approximate surface area is 144 Å². The van der Waals surface area contributed by atoms with Crippen molar-refractivity contribution in [1.82, 2.24) is 10.2 Å². The number of aliphatic hydroxyl groups excluding tert-OH is 1. The molecule has 5 nitrogen and oxygen atoms in total. The molecule has 1 heterocycles. The van der Waals surface area contributed by atoms with Crippen molar-refractivity contribution < 1.29 is 14.7 Å². The summed E-state index contributed by atoms with van der Waals surface area (Å²) in [5.41, 5.74) is 1.77. The lowest BCUT2D eigenvalue weighted by molar-refractivity contribution is -0.130. The lowest BCUT2D eigenvalue weighted by Gasteiger charge is -2.21. The molecule has 2 rings (SSSR count).